The average molecular weight is 281 g/mol. The molecule has 6 heteroatoms. The molecule has 19 heavy (non-hydrogen) atoms. The summed E-state index contributed by atoms with van der Waals surface area (Å²) in [5.74, 6) is 0. The van der Waals surface area contributed by atoms with Crippen LogP contribution in [0.2, 0.25) is 0 Å². The van der Waals surface area contributed by atoms with Crippen molar-refractivity contribution in [2.24, 2.45) is 5.73 Å². The Kier molecular flexibility index (Phi) is 4.54. The highest BCUT2D eigenvalue weighted by Gasteiger charge is 2.32. The summed E-state index contributed by atoms with van der Waals surface area (Å²) in [4.78, 5) is 5.42. The minimum absolute atomic E-state index is 0.177. The summed E-state index contributed by atoms with van der Waals surface area (Å²) in [5.41, 5.74) is 5.65. The molecule has 5 nitrogen and oxygen atoms in total. The summed E-state index contributed by atoms with van der Waals surface area (Å²) >= 11 is 5.16. The molecule has 0 atom stereocenters. The van der Waals surface area contributed by atoms with E-state index in [1.54, 1.807) is 0 Å². The van der Waals surface area contributed by atoms with Gasteiger partial charge in [-0.2, -0.15) is 5.10 Å². The van der Waals surface area contributed by atoms with Crippen LogP contribution in [-0.4, -0.2) is 62.8 Å². The van der Waals surface area contributed by atoms with E-state index in [9.17, 15) is 0 Å². The predicted octanol–water partition coefficient (Wildman–Crippen LogP) is 0.565. The maximum Gasteiger partial charge on any atom is 0.0928 e. The maximum atomic E-state index is 5.82. The average Bonchev–Trinajstić information content (AvgIpc) is 2.90. The molecule has 1 aliphatic heterocycles. The molecule has 0 unspecified atom stereocenters. The number of piperazine rings is 1. The summed E-state index contributed by atoms with van der Waals surface area (Å²) in [5, 5.41) is 4.22. The van der Waals surface area contributed by atoms with Gasteiger partial charge in [0.05, 0.1) is 17.1 Å². The van der Waals surface area contributed by atoms with Gasteiger partial charge in [0.25, 0.3) is 0 Å². The van der Waals surface area contributed by atoms with Crippen molar-refractivity contribution < 1.29 is 0 Å². The highest BCUT2D eigenvalue weighted by Crippen LogP contribution is 2.17. The molecule has 0 aromatic carbocycles. The number of nitrogens with zero attached hydrogens (tertiary/aromatic N) is 4. The van der Waals surface area contributed by atoms with E-state index >= 15 is 0 Å². The third-order valence-electron chi connectivity index (χ3n) is 3.97. The van der Waals surface area contributed by atoms with Gasteiger partial charge in [0.15, 0.2) is 0 Å². The van der Waals surface area contributed by atoms with Crippen molar-refractivity contribution in [3.63, 3.8) is 0 Å². The molecule has 106 valence electrons. The summed E-state index contributed by atoms with van der Waals surface area (Å²) in [6, 6.07) is 1.96. The first-order valence-corrected chi connectivity index (χ1v) is 7.16. The molecule has 0 aliphatic carbocycles. The van der Waals surface area contributed by atoms with E-state index in [0.29, 0.717) is 4.99 Å². The third-order valence-corrected chi connectivity index (χ3v) is 4.47. The smallest absolute Gasteiger partial charge is 0.0928 e. The van der Waals surface area contributed by atoms with Crippen molar-refractivity contribution >= 4 is 17.2 Å². The molecule has 1 aliphatic rings. The van der Waals surface area contributed by atoms with Crippen LogP contribution in [-0.2, 0) is 6.54 Å². The van der Waals surface area contributed by atoms with Crippen LogP contribution in [0.15, 0.2) is 18.5 Å². The van der Waals surface area contributed by atoms with Gasteiger partial charge < -0.3 is 5.73 Å². The summed E-state index contributed by atoms with van der Waals surface area (Å²) < 4.78 is 1.98. The number of thiocarbonyl (C=S) groups is 1. The van der Waals surface area contributed by atoms with Gasteiger partial charge >= 0.3 is 0 Å². The zero-order valence-electron chi connectivity index (χ0n) is 11.7. The molecule has 2 rings (SSSR count). The fraction of sp³-hybridized carbons (Fsp3) is 0.692. The Hall–Kier alpha value is -0.980. The Balaban J connectivity index is 1.78. The molecular formula is C13H23N5S. The second-order valence-electron chi connectivity index (χ2n) is 5.52. The number of nitrogens with two attached hydrogens (primary N) is 1. The van der Waals surface area contributed by atoms with Gasteiger partial charge in [-0.05, 0) is 19.9 Å². The van der Waals surface area contributed by atoms with Gasteiger partial charge in [0.1, 0.15) is 0 Å². The molecule has 2 heterocycles. The first-order chi connectivity index (χ1) is 9.00. The van der Waals surface area contributed by atoms with Crippen molar-refractivity contribution in [1.29, 1.82) is 0 Å². The predicted molar refractivity (Wildman–Crippen MR) is 81.1 cm³/mol. The number of aromatic nitrogens is 2. The molecular weight excluding hydrogens is 258 g/mol. The van der Waals surface area contributed by atoms with Crippen LogP contribution >= 0.6 is 12.2 Å². The lowest BCUT2D eigenvalue weighted by Crippen LogP contribution is -2.59. The Morgan fingerprint density at radius 1 is 1.26 bits per heavy atom. The van der Waals surface area contributed by atoms with Crippen LogP contribution in [0.1, 0.15) is 13.8 Å². The van der Waals surface area contributed by atoms with E-state index in [1.165, 1.54) is 0 Å². The van der Waals surface area contributed by atoms with Gasteiger partial charge in [0, 0.05) is 45.1 Å². The number of rotatable bonds is 5. The van der Waals surface area contributed by atoms with E-state index in [2.05, 4.69) is 28.7 Å². The second kappa shape index (κ2) is 5.98. The number of hydrogen-bond donors (Lipinski definition) is 1. The number of hydrogen-bond acceptors (Lipinski definition) is 4. The van der Waals surface area contributed by atoms with E-state index < -0.39 is 0 Å². The van der Waals surface area contributed by atoms with Crippen LogP contribution in [0.4, 0.5) is 0 Å². The normalized spacial score (nSPS) is 18.6. The zero-order chi connectivity index (χ0) is 13.9. The van der Waals surface area contributed by atoms with Crippen LogP contribution in [0.25, 0.3) is 0 Å². The van der Waals surface area contributed by atoms with E-state index in [-0.39, 0.29) is 5.54 Å². The summed E-state index contributed by atoms with van der Waals surface area (Å²) in [7, 11) is 0. The van der Waals surface area contributed by atoms with Gasteiger partial charge in [-0.3, -0.25) is 14.5 Å². The van der Waals surface area contributed by atoms with Crippen LogP contribution in [0.5, 0.6) is 0 Å². The lowest BCUT2D eigenvalue weighted by Gasteiger charge is -2.43. The van der Waals surface area contributed by atoms with E-state index in [1.807, 2.05) is 23.1 Å². The van der Waals surface area contributed by atoms with Gasteiger partial charge in [-0.15, -0.1) is 0 Å². The molecule has 0 radical (unpaired) electrons. The molecule has 1 saturated heterocycles. The SMILES string of the molecule is CC(C)(C(N)=S)N1CCN(CCn2cccn2)CC1. The minimum Gasteiger partial charge on any atom is -0.392 e. The lowest BCUT2D eigenvalue weighted by molar-refractivity contribution is 0.0835. The van der Waals surface area contributed by atoms with Crippen molar-refractivity contribution in [2.45, 2.75) is 25.9 Å². The first-order valence-electron chi connectivity index (χ1n) is 6.75. The molecule has 0 bridgehead atoms. The maximum absolute atomic E-state index is 5.82. The van der Waals surface area contributed by atoms with Gasteiger partial charge in [-0.25, -0.2) is 0 Å². The van der Waals surface area contributed by atoms with Crippen LogP contribution < -0.4 is 5.73 Å². The van der Waals surface area contributed by atoms with Crippen LogP contribution in [0.3, 0.4) is 0 Å². The molecule has 1 fully saturated rings. The lowest BCUT2D eigenvalue weighted by atomic mass is 10.0. The van der Waals surface area contributed by atoms with Crippen LogP contribution in [0, 0.1) is 0 Å². The Morgan fingerprint density at radius 3 is 2.47 bits per heavy atom. The highest BCUT2D eigenvalue weighted by atomic mass is 32.1. The van der Waals surface area contributed by atoms with Gasteiger partial charge in [0.2, 0.25) is 0 Å². The molecule has 2 N–H and O–H groups in total. The quantitative estimate of drug-likeness (QED) is 0.800. The Labute approximate surface area is 120 Å². The zero-order valence-corrected chi connectivity index (χ0v) is 12.6. The fourth-order valence-electron chi connectivity index (χ4n) is 2.36. The molecule has 0 spiro atoms. The first kappa shape index (κ1) is 14.4. The van der Waals surface area contributed by atoms with Crippen molar-refractivity contribution in [2.75, 3.05) is 32.7 Å². The second-order valence-corrected chi connectivity index (χ2v) is 5.96. The molecule has 0 amide bonds. The Morgan fingerprint density at radius 2 is 1.95 bits per heavy atom. The third kappa shape index (κ3) is 3.52. The molecule has 0 saturated carbocycles. The van der Waals surface area contributed by atoms with E-state index in [0.717, 1.165) is 39.3 Å². The molecule has 1 aromatic heterocycles. The van der Waals surface area contributed by atoms with Crippen molar-refractivity contribution in [3.8, 4) is 0 Å². The van der Waals surface area contributed by atoms with Crippen molar-refractivity contribution in [1.82, 2.24) is 19.6 Å². The summed E-state index contributed by atoms with van der Waals surface area (Å²) in [6.07, 6.45) is 3.83. The standard InChI is InChI=1S/C13H23N5S/c1-13(2,12(14)19)17-9-6-16(7-10-17)8-11-18-5-3-4-15-18/h3-5H,6-11H2,1-2H3,(H2,14,19). The highest BCUT2D eigenvalue weighted by molar-refractivity contribution is 7.80. The Bertz CT molecular complexity index is 407. The van der Waals surface area contributed by atoms with E-state index in [4.69, 9.17) is 18.0 Å². The van der Waals surface area contributed by atoms with Crippen molar-refractivity contribution in [3.05, 3.63) is 18.5 Å². The summed E-state index contributed by atoms with van der Waals surface area (Å²) in [6.45, 7) is 10.4. The monoisotopic (exact) mass is 281 g/mol. The molecule has 1 aromatic rings. The fourth-order valence-corrected chi connectivity index (χ4v) is 2.49. The topological polar surface area (TPSA) is 50.3 Å². The minimum atomic E-state index is -0.177. The largest absolute Gasteiger partial charge is 0.392 e. The van der Waals surface area contributed by atoms with Gasteiger partial charge in [-0.1, -0.05) is 12.2 Å².